The maximum atomic E-state index is 14.6. The number of aryl methyl sites for hydroxylation is 1. The molecule has 0 radical (unpaired) electrons. The monoisotopic (exact) mass is 508 g/mol. The van der Waals surface area contributed by atoms with Crippen molar-refractivity contribution in [2.24, 2.45) is 0 Å². The number of sulfone groups is 1. The lowest BCUT2D eigenvalue weighted by molar-refractivity contribution is 0.0741. The highest BCUT2D eigenvalue weighted by atomic mass is 32.2. The third-order valence-corrected chi connectivity index (χ3v) is 7.37. The zero-order valence-corrected chi connectivity index (χ0v) is 21.5. The van der Waals surface area contributed by atoms with Crippen molar-refractivity contribution in [2.45, 2.75) is 44.3 Å². The predicted molar refractivity (Wildman–Crippen MR) is 137 cm³/mol. The molecule has 0 aliphatic heterocycles. The fourth-order valence-corrected chi connectivity index (χ4v) is 5.07. The van der Waals surface area contributed by atoms with Gasteiger partial charge in [-0.15, -0.1) is 0 Å². The van der Waals surface area contributed by atoms with Crippen LogP contribution in [0.4, 0.5) is 4.39 Å². The lowest BCUT2D eigenvalue weighted by Crippen LogP contribution is -2.15. The van der Waals surface area contributed by atoms with Crippen LogP contribution in [0.3, 0.4) is 0 Å². The minimum atomic E-state index is -3.74. The van der Waals surface area contributed by atoms with Crippen molar-refractivity contribution in [2.75, 3.05) is 6.26 Å². The zero-order valence-electron chi connectivity index (χ0n) is 20.7. The highest BCUT2D eigenvalue weighted by Crippen LogP contribution is 2.30. The standard InChI is InChI=1S/C28H29FN2O4S/c1-18-7-5-6-8-20(18)15-27-30-26(28(2,3)33)16-31(27)22-11-9-19(10-12-22)21-13-24(29)23(17-32)25(14-21)36(4,34)35/h5-14,16,32-33H,15,17H2,1-4H3. The normalized spacial score (nSPS) is 12.2. The Morgan fingerprint density at radius 1 is 1.03 bits per heavy atom. The van der Waals surface area contributed by atoms with Crippen LogP contribution in [0.2, 0.25) is 0 Å². The van der Waals surface area contributed by atoms with E-state index in [2.05, 4.69) is 0 Å². The quantitative estimate of drug-likeness (QED) is 0.378. The first-order valence-corrected chi connectivity index (χ1v) is 13.4. The number of aromatic nitrogens is 2. The first-order valence-electron chi connectivity index (χ1n) is 11.5. The average molecular weight is 509 g/mol. The molecule has 0 fully saturated rings. The molecule has 0 aliphatic carbocycles. The lowest BCUT2D eigenvalue weighted by Gasteiger charge is -2.13. The van der Waals surface area contributed by atoms with Gasteiger partial charge in [0, 0.05) is 30.1 Å². The number of benzene rings is 3. The van der Waals surface area contributed by atoms with Crippen LogP contribution in [0.1, 0.15) is 42.1 Å². The van der Waals surface area contributed by atoms with Gasteiger partial charge < -0.3 is 14.8 Å². The number of aliphatic hydroxyl groups is 2. The average Bonchev–Trinajstić information content (AvgIpc) is 3.24. The highest BCUT2D eigenvalue weighted by molar-refractivity contribution is 7.90. The first-order chi connectivity index (χ1) is 16.9. The van der Waals surface area contributed by atoms with E-state index >= 15 is 0 Å². The molecule has 0 aliphatic rings. The van der Waals surface area contributed by atoms with Crippen molar-refractivity contribution < 1.29 is 23.0 Å². The third-order valence-electron chi connectivity index (χ3n) is 6.21. The Hall–Kier alpha value is -3.33. The minimum Gasteiger partial charge on any atom is -0.392 e. The third kappa shape index (κ3) is 5.26. The van der Waals surface area contributed by atoms with Crippen molar-refractivity contribution in [1.29, 1.82) is 0 Å². The van der Waals surface area contributed by atoms with Gasteiger partial charge in [0.15, 0.2) is 9.84 Å². The SMILES string of the molecule is Cc1ccccc1Cc1nc(C(C)(C)O)cn1-c1ccc(-c2cc(F)c(CO)c(S(C)(=O)=O)c2)cc1. The van der Waals surface area contributed by atoms with Crippen LogP contribution in [0.25, 0.3) is 16.8 Å². The van der Waals surface area contributed by atoms with Crippen LogP contribution in [0.5, 0.6) is 0 Å². The van der Waals surface area contributed by atoms with Crippen LogP contribution in [0.15, 0.2) is 71.8 Å². The summed E-state index contributed by atoms with van der Waals surface area (Å²) in [5.41, 5.74) is 3.24. The van der Waals surface area contributed by atoms with Gasteiger partial charge in [-0.05, 0) is 67.3 Å². The summed E-state index contributed by atoms with van der Waals surface area (Å²) in [5.74, 6) is -0.0173. The molecule has 0 atom stereocenters. The van der Waals surface area contributed by atoms with Crippen LogP contribution in [0, 0.1) is 12.7 Å². The number of nitrogens with zero attached hydrogens (tertiary/aromatic N) is 2. The molecule has 1 heterocycles. The summed E-state index contributed by atoms with van der Waals surface area (Å²) in [6.45, 7) is 4.70. The van der Waals surface area contributed by atoms with Crippen LogP contribution in [-0.4, -0.2) is 34.4 Å². The van der Waals surface area contributed by atoms with Gasteiger partial charge in [-0.1, -0.05) is 36.4 Å². The molecule has 0 unspecified atom stereocenters. The van der Waals surface area contributed by atoms with Crippen molar-refractivity contribution >= 4 is 9.84 Å². The van der Waals surface area contributed by atoms with Crippen molar-refractivity contribution in [3.63, 3.8) is 0 Å². The van der Waals surface area contributed by atoms with Crippen molar-refractivity contribution in [1.82, 2.24) is 9.55 Å². The molecule has 0 spiro atoms. The Morgan fingerprint density at radius 2 is 1.69 bits per heavy atom. The van der Waals surface area contributed by atoms with Crippen LogP contribution >= 0.6 is 0 Å². The van der Waals surface area contributed by atoms with Crippen LogP contribution < -0.4 is 0 Å². The zero-order chi connectivity index (χ0) is 26.3. The maximum absolute atomic E-state index is 14.6. The molecule has 36 heavy (non-hydrogen) atoms. The molecule has 2 N–H and O–H groups in total. The van der Waals surface area contributed by atoms with E-state index in [1.165, 1.54) is 12.1 Å². The van der Waals surface area contributed by atoms with E-state index in [0.29, 0.717) is 23.2 Å². The molecule has 188 valence electrons. The van der Waals surface area contributed by atoms with Gasteiger partial charge in [-0.3, -0.25) is 0 Å². The molecule has 0 saturated carbocycles. The minimum absolute atomic E-state index is 0.228. The molecule has 1 aromatic heterocycles. The van der Waals surface area contributed by atoms with Crippen molar-refractivity contribution in [3.8, 4) is 16.8 Å². The number of hydrogen-bond acceptors (Lipinski definition) is 5. The molecule has 6 nitrogen and oxygen atoms in total. The molecule has 0 bridgehead atoms. The van der Waals surface area contributed by atoms with E-state index in [1.807, 2.05) is 47.9 Å². The van der Waals surface area contributed by atoms with Gasteiger partial charge in [0.25, 0.3) is 0 Å². The second kappa shape index (κ2) is 9.61. The largest absolute Gasteiger partial charge is 0.392 e. The number of hydrogen-bond donors (Lipinski definition) is 2. The first kappa shape index (κ1) is 25.8. The van der Waals surface area contributed by atoms with Gasteiger partial charge in [-0.25, -0.2) is 17.8 Å². The summed E-state index contributed by atoms with van der Waals surface area (Å²) in [4.78, 5) is 4.49. The summed E-state index contributed by atoms with van der Waals surface area (Å²) < 4.78 is 40.9. The number of halogens is 1. The summed E-state index contributed by atoms with van der Waals surface area (Å²) >= 11 is 0. The van der Waals surface area contributed by atoms with E-state index in [0.717, 1.165) is 28.9 Å². The van der Waals surface area contributed by atoms with E-state index in [1.54, 1.807) is 32.2 Å². The van der Waals surface area contributed by atoms with Gasteiger partial charge in [0.05, 0.1) is 17.2 Å². The maximum Gasteiger partial charge on any atom is 0.176 e. The Balaban J connectivity index is 1.77. The topological polar surface area (TPSA) is 92.4 Å². The van der Waals surface area contributed by atoms with Crippen LogP contribution in [-0.2, 0) is 28.5 Å². The Labute approximate surface area is 210 Å². The Kier molecular flexibility index (Phi) is 6.88. The van der Waals surface area contributed by atoms with E-state index in [9.17, 15) is 23.0 Å². The van der Waals surface area contributed by atoms with Gasteiger partial charge in [0.2, 0.25) is 0 Å². The summed E-state index contributed by atoms with van der Waals surface area (Å²) in [5, 5.41) is 20.0. The van der Waals surface area contributed by atoms with E-state index in [-0.39, 0.29) is 10.5 Å². The smallest absolute Gasteiger partial charge is 0.176 e. The van der Waals surface area contributed by atoms with Gasteiger partial charge >= 0.3 is 0 Å². The summed E-state index contributed by atoms with van der Waals surface area (Å²) in [6.07, 6.45) is 3.36. The lowest BCUT2D eigenvalue weighted by atomic mass is 10.0. The predicted octanol–water partition coefficient (Wildman–Crippen LogP) is 4.70. The molecule has 4 rings (SSSR count). The molecule has 4 aromatic rings. The van der Waals surface area contributed by atoms with E-state index < -0.39 is 27.9 Å². The second-order valence-electron chi connectivity index (χ2n) is 9.49. The molecule has 3 aromatic carbocycles. The second-order valence-corrected chi connectivity index (χ2v) is 11.5. The van der Waals surface area contributed by atoms with Gasteiger partial charge in [0.1, 0.15) is 17.2 Å². The molecular weight excluding hydrogens is 479 g/mol. The number of rotatable bonds is 7. The highest BCUT2D eigenvalue weighted by Gasteiger charge is 2.23. The molecule has 8 heteroatoms. The summed E-state index contributed by atoms with van der Waals surface area (Å²) in [6, 6.07) is 17.9. The Bertz CT molecular complexity index is 1520. The number of imidazole rings is 1. The fourth-order valence-electron chi connectivity index (χ4n) is 4.12. The van der Waals surface area contributed by atoms with Gasteiger partial charge in [-0.2, -0.15) is 0 Å². The van der Waals surface area contributed by atoms with E-state index in [4.69, 9.17) is 4.98 Å². The molecular formula is C28H29FN2O4S. The van der Waals surface area contributed by atoms with Crippen molar-refractivity contribution in [3.05, 3.63) is 101 Å². The molecule has 0 amide bonds. The Morgan fingerprint density at radius 3 is 2.28 bits per heavy atom. The molecule has 0 saturated heterocycles. The fraction of sp³-hybridized carbons (Fsp3) is 0.250. The summed E-state index contributed by atoms with van der Waals surface area (Å²) in [7, 11) is -3.74. The number of aliphatic hydroxyl groups excluding tert-OH is 1.